The van der Waals surface area contributed by atoms with E-state index in [9.17, 15) is 9.90 Å². The Labute approximate surface area is 148 Å². The van der Waals surface area contributed by atoms with Gasteiger partial charge in [-0.1, -0.05) is 18.2 Å². The minimum atomic E-state index is -0.685. The van der Waals surface area contributed by atoms with Crippen LogP contribution in [0.3, 0.4) is 0 Å². The minimum absolute atomic E-state index is 0.0339. The zero-order valence-electron chi connectivity index (χ0n) is 14.5. The van der Waals surface area contributed by atoms with Gasteiger partial charge in [-0.05, 0) is 62.7 Å². The highest BCUT2D eigenvalue weighted by molar-refractivity contribution is 5.70. The predicted molar refractivity (Wildman–Crippen MR) is 95.6 cm³/mol. The van der Waals surface area contributed by atoms with Gasteiger partial charge in [0.1, 0.15) is 5.75 Å². The van der Waals surface area contributed by atoms with Crippen LogP contribution in [0.4, 0.5) is 0 Å². The topological polar surface area (TPSA) is 62.7 Å². The van der Waals surface area contributed by atoms with Crippen LogP contribution in [0, 0.1) is 5.92 Å². The molecule has 1 atom stereocenters. The molecule has 132 valence electrons. The molecule has 1 aromatic carbocycles. The first-order valence-electron chi connectivity index (χ1n) is 8.79. The molecule has 0 bridgehead atoms. The number of carbonyl (C=O) groups is 1. The molecule has 2 aromatic rings. The fourth-order valence-corrected chi connectivity index (χ4v) is 3.42. The van der Waals surface area contributed by atoms with Gasteiger partial charge in [-0.15, -0.1) is 0 Å². The van der Waals surface area contributed by atoms with Crippen molar-refractivity contribution in [3.05, 3.63) is 59.9 Å². The number of pyridine rings is 1. The zero-order valence-corrected chi connectivity index (χ0v) is 14.5. The van der Waals surface area contributed by atoms with Crippen molar-refractivity contribution in [2.24, 2.45) is 5.92 Å². The van der Waals surface area contributed by atoms with Crippen molar-refractivity contribution in [3.8, 4) is 5.75 Å². The van der Waals surface area contributed by atoms with Crippen molar-refractivity contribution >= 4 is 5.97 Å². The Morgan fingerprint density at radius 2 is 1.96 bits per heavy atom. The van der Waals surface area contributed by atoms with Crippen molar-refractivity contribution < 1.29 is 14.6 Å². The van der Waals surface area contributed by atoms with Crippen molar-refractivity contribution in [1.29, 1.82) is 0 Å². The molecule has 0 radical (unpaired) electrons. The number of rotatable bonds is 6. The van der Waals surface area contributed by atoms with Crippen LogP contribution in [0.1, 0.15) is 37.1 Å². The molecule has 1 aromatic heterocycles. The lowest BCUT2D eigenvalue weighted by atomic mass is 9.93. The lowest BCUT2D eigenvalue weighted by Gasteiger charge is -2.36. The molecule has 5 heteroatoms. The van der Waals surface area contributed by atoms with E-state index in [1.54, 1.807) is 6.20 Å². The van der Waals surface area contributed by atoms with Crippen LogP contribution in [0.25, 0.3) is 0 Å². The number of aliphatic carboxylic acids is 1. The zero-order chi connectivity index (χ0) is 17.6. The van der Waals surface area contributed by atoms with Gasteiger partial charge in [0.2, 0.25) is 0 Å². The van der Waals surface area contributed by atoms with Crippen molar-refractivity contribution in [1.82, 2.24) is 9.88 Å². The second-order valence-electron chi connectivity index (χ2n) is 6.31. The lowest BCUT2D eigenvalue weighted by Crippen LogP contribution is -2.39. The van der Waals surface area contributed by atoms with E-state index in [1.807, 2.05) is 37.3 Å². The van der Waals surface area contributed by atoms with Gasteiger partial charge in [-0.2, -0.15) is 0 Å². The van der Waals surface area contributed by atoms with E-state index in [-0.39, 0.29) is 12.0 Å². The van der Waals surface area contributed by atoms with E-state index in [4.69, 9.17) is 4.74 Å². The van der Waals surface area contributed by atoms with Gasteiger partial charge in [0.15, 0.2) is 0 Å². The summed E-state index contributed by atoms with van der Waals surface area (Å²) in [5.74, 6) is -0.0633. The summed E-state index contributed by atoms with van der Waals surface area (Å²) in [6.07, 6.45) is 3.16. The second-order valence-corrected chi connectivity index (χ2v) is 6.31. The summed E-state index contributed by atoms with van der Waals surface area (Å²) >= 11 is 0. The average Bonchev–Trinajstić information content (AvgIpc) is 2.65. The molecule has 1 saturated heterocycles. The molecule has 0 aliphatic carbocycles. The lowest BCUT2D eigenvalue weighted by molar-refractivity contribution is -0.143. The number of ether oxygens (including phenoxy) is 1. The van der Waals surface area contributed by atoms with Gasteiger partial charge in [0, 0.05) is 6.20 Å². The monoisotopic (exact) mass is 340 g/mol. The van der Waals surface area contributed by atoms with Crippen LogP contribution in [0.15, 0.2) is 48.7 Å². The number of carboxylic acids is 1. The maximum atomic E-state index is 11.2. The Balaban J connectivity index is 1.85. The Morgan fingerprint density at radius 3 is 2.52 bits per heavy atom. The molecule has 0 spiro atoms. The van der Waals surface area contributed by atoms with Crippen LogP contribution in [0.2, 0.25) is 0 Å². The number of carboxylic acid groups (broad SMARTS) is 1. The van der Waals surface area contributed by atoms with Crippen LogP contribution < -0.4 is 4.74 Å². The van der Waals surface area contributed by atoms with Gasteiger partial charge in [-0.25, -0.2) is 0 Å². The molecule has 1 aliphatic heterocycles. The van der Waals surface area contributed by atoms with Gasteiger partial charge in [0.25, 0.3) is 0 Å². The highest BCUT2D eigenvalue weighted by Crippen LogP contribution is 2.32. The molecule has 1 fully saturated rings. The molecule has 0 amide bonds. The fourth-order valence-electron chi connectivity index (χ4n) is 3.42. The quantitative estimate of drug-likeness (QED) is 0.873. The summed E-state index contributed by atoms with van der Waals surface area (Å²) in [7, 11) is 0. The predicted octanol–water partition coefficient (Wildman–Crippen LogP) is 3.37. The highest BCUT2D eigenvalue weighted by Gasteiger charge is 2.30. The number of benzene rings is 1. The molecule has 1 unspecified atom stereocenters. The third-order valence-corrected chi connectivity index (χ3v) is 4.72. The van der Waals surface area contributed by atoms with Crippen molar-refractivity contribution in [2.45, 2.75) is 25.8 Å². The third kappa shape index (κ3) is 4.17. The molecule has 2 heterocycles. The summed E-state index contributed by atoms with van der Waals surface area (Å²) in [4.78, 5) is 18.1. The SMILES string of the molecule is CCOc1ccc(C(c2ccccn2)N2CCC(C(=O)O)CC2)cc1. The maximum Gasteiger partial charge on any atom is 0.306 e. The van der Waals surface area contributed by atoms with E-state index in [0.717, 1.165) is 30.1 Å². The number of piperidine rings is 1. The number of hydrogen-bond acceptors (Lipinski definition) is 4. The van der Waals surface area contributed by atoms with Gasteiger partial charge >= 0.3 is 5.97 Å². The minimum Gasteiger partial charge on any atom is -0.494 e. The van der Waals surface area contributed by atoms with Gasteiger partial charge in [0.05, 0.1) is 24.3 Å². The van der Waals surface area contributed by atoms with Gasteiger partial charge in [-0.3, -0.25) is 14.7 Å². The Bertz CT molecular complexity index is 680. The van der Waals surface area contributed by atoms with Crippen LogP contribution in [-0.4, -0.2) is 40.7 Å². The highest BCUT2D eigenvalue weighted by atomic mass is 16.5. The Morgan fingerprint density at radius 1 is 1.24 bits per heavy atom. The fraction of sp³-hybridized carbons (Fsp3) is 0.400. The molecule has 1 N–H and O–H groups in total. The van der Waals surface area contributed by atoms with Crippen molar-refractivity contribution in [2.75, 3.05) is 19.7 Å². The molecule has 3 rings (SSSR count). The average molecular weight is 340 g/mol. The summed E-state index contributed by atoms with van der Waals surface area (Å²) in [5, 5.41) is 9.23. The van der Waals surface area contributed by atoms with Crippen LogP contribution in [-0.2, 0) is 4.79 Å². The molecular weight excluding hydrogens is 316 g/mol. The number of nitrogens with zero attached hydrogens (tertiary/aromatic N) is 2. The number of aromatic nitrogens is 1. The summed E-state index contributed by atoms with van der Waals surface area (Å²) in [5.41, 5.74) is 2.14. The van der Waals surface area contributed by atoms with E-state index in [2.05, 4.69) is 22.0 Å². The Hall–Kier alpha value is -2.40. The Kier molecular flexibility index (Phi) is 5.66. The van der Waals surface area contributed by atoms with E-state index < -0.39 is 5.97 Å². The summed E-state index contributed by atoms with van der Waals surface area (Å²) in [6.45, 7) is 4.12. The second kappa shape index (κ2) is 8.12. The third-order valence-electron chi connectivity index (χ3n) is 4.72. The van der Waals surface area contributed by atoms with Crippen molar-refractivity contribution in [3.63, 3.8) is 0 Å². The molecular formula is C20H24N2O3. The smallest absolute Gasteiger partial charge is 0.306 e. The molecule has 5 nitrogen and oxygen atoms in total. The molecule has 0 saturated carbocycles. The van der Waals surface area contributed by atoms with E-state index in [1.165, 1.54) is 0 Å². The molecule has 1 aliphatic rings. The number of hydrogen-bond donors (Lipinski definition) is 1. The standard InChI is InChI=1S/C20H24N2O3/c1-2-25-17-8-6-15(7-9-17)19(18-5-3-4-12-21-18)22-13-10-16(11-14-22)20(23)24/h3-9,12,16,19H,2,10-11,13-14H2,1H3,(H,23,24). The van der Waals surface area contributed by atoms with Crippen LogP contribution >= 0.6 is 0 Å². The molecule has 25 heavy (non-hydrogen) atoms. The first kappa shape index (κ1) is 17.4. The first-order chi connectivity index (χ1) is 12.2. The summed E-state index contributed by atoms with van der Waals surface area (Å²) < 4.78 is 5.54. The number of likely N-dealkylation sites (tertiary alicyclic amines) is 1. The summed E-state index contributed by atoms with van der Waals surface area (Å²) in [6, 6.07) is 14.1. The van der Waals surface area contributed by atoms with E-state index in [0.29, 0.717) is 19.4 Å². The first-order valence-corrected chi connectivity index (χ1v) is 8.79. The van der Waals surface area contributed by atoms with Gasteiger partial charge < -0.3 is 9.84 Å². The normalized spacial score (nSPS) is 17.2. The van der Waals surface area contributed by atoms with E-state index >= 15 is 0 Å². The van der Waals surface area contributed by atoms with Crippen LogP contribution in [0.5, 0.6) is 5.75 Å². The maximum absolute atomic E-state index is 11.2. The largest absolute Gasteiger partial charge is 0.494 e.